The van der Waals surface area contributed by atoms with Crippen LogP contribution in [-0.2, 0) is 0 Å². The van der Waals surface area contributed by atoms with Crippen LogP contribution in [0.2, 0.25) is 0 Å². The highest BCUT2D eigenvalue weighted by Crippen LogP contribution is 2.18. The third-order valence-electron chi connectivity index (χ3n) is 0.930. The average molecular weight is 144 g/mol. The molecule has 0 aliphatic heterocycles. The number of phenols is 1. The lowest BCUT2D eigenvalue weighted by atomic mass is 10.3. The van der Waals surface area contributed by atoms with Gasteiger partial charge < -0.3 is 5.11 Å². The van der Waals surface area contributed by atoms with Crippen LogP contribution >= 0.6 is 12.6 Å². The lowest BCUT2D eigenvalue weighted by molar-refractivity contribution is 0.431. The first-order valence-electron chi connectivity index (χ1n) is 2.37. The fourth-order valence-corrected chi connectivity index (χ4v) is 0.698. The second-order valence-electron chi connectivity index (χ2n) is 1.64. The molecule has 0 radical (unpaired) electrons. The van der Waals surface area contributed by atoms with E-state index in [0.29, 0.717) is 4.90 Å². The molecule has 3 heteroatoms. The number of benzene rings is 1. The van der Waals surface area contributed by atoms with Crippen molar-refractivity contribution in [2.75, 3.05) is 0 Å². The van der Waals surface area contributed by atoms with E-state index < -0.39 is 5.82 Å². The highest BCUT2D eigenvalue weighted by molar-refractivity contribution is 7.80. The van der Waals surface area contributed by atoms with Crippen molar-refractivity contribution < 1.29 is 9.50 Å². The number of hydrogen-bond acceptors (Lipinski definition) is 2. The predicted octanol–water partition coefficient (Wildman–Crippen LogP) is 1.82. The summed E-state index contributed by atoms with van der Waals surface area (Å²) in [5.41, 5.74) is 0. The summed E-state index contributed by atoms with van der Waals surface area (Å²) >= 11 is 3.87. The first-order valence-corrected chi connectivity index (χ1v) is 2.82. The molecule has 0 spiro atoms. The van der Waals surface area contributed by atoms with Gasteiger partial charge in [0.05, 0.1) is 0 Å². The van der Waals surface area contributed by atoms with Gasteiger partial charge in [-0.15, -0.1) is 12.6 Å². The molecule has 0 unspecified atom stereocenters. The lowest BCUT2D eigenvalue weighted by Gasteiger charge is -1.93. The molecule has 0 atom stereocenters. The zero-order chi connectivity index (χ0) is 6.85. The van der Waals surface area contributed by atoms with Gasteiger partial charge in [0.2, 0.25) is 0 Å². The minimum atomic E-state index is -0.618. The monoisotopic (exact) mass is 144 g/mol. The number of aromatic hydroxyl groups is 1. The molecule has 1 nitrogen and oxygen atoms in total. The van der Waals surface area contributed by atoms with E-state index in [-0.39, 0.29) is 5.75 Å². The quantitative estimate of drug-likeness (QED) is 0.532. The molecule has 1 rings (SSSR count). The summed E-state index contributed by atoms with van der Waals surface area (Å²) in [5.74, 6) is -0.977. The van der Waals surface area contributed by atoms with Crippen LogP contribution in [0, 0.1) is 5.82 Å². The molecule has 0 aliphatic carbocycles. The maximum atomic E-state index is 12.2. The molecular formula is C6H5FOS. The van der Waals surface area contributed by atoms with Crippen LogP contribution in [0.4, 0.5) is 4.39 Å². The molecule has 0 amide bonds. The molecule has 1 N–H and O–H groups in total. The van der Waals surface area contributed by atoms with E-state index in [9.17, 15) is 4.39 Å². The zero-order valence-electron chi connectivity index (χ0n) is 4.50. The van der Waals surface area contributed by atoms with E-state index in [2.05, 4.69) is 12.6 Å². The Kier molecular flexibility index (Phi) is 1.62. The summed E-state index contributed by atoms with van der Waals surface area (Å²) in [4.78, 5) is 0.550. The van der Waals surface area contributed by atoms with Crippen molar-refractivity contribution in [3.63, 3.8) is 0 Å². The summed E-state index contributed by atoms with van der Waals surface area (Å²) in [7, 11) is 0. The molecule has 0 saturated carbocycles. The van der Waals surface area contributed by atoms with Gasteiger partial charge in [-0.05, 0) is 18.2 Å². The average Bonchev–Trinajstić information content (AvgIpc) is 1.80. The largest absolute Gasteiger partial charge is 0.505 e. The Bertz CT molecular complexity index is 224. The van der Waals surface area contributed by atoms with Gasteiger partial charge in [-0.3, -0.25) is 0 Å². The number of phenolic OH excluding ortho intramolecular Hbond substituents is 1. The Morgan fingerprint density at radius 1 is 1.44 bits per heavy atom. The summed E-state index contributed by atoms with van der Waals surface area (Å²) in [6.45, 7) is 0. The molecule has 0 saturated heterocycles. The topological polar surface area (TPSA) is 20.2 Å². The van der Waals surface area contributed by atoms with Crippen LogP contribution in [0.15, 0.2) is 23.1 Å². The van der Waals surface area contributed by atoms with Gasteiger partial charge in [0.1, 0.15) is 0 Å². The number of thiol groups is 1. The maximum Gasteiger partial charge on any atom is 0.164 e. The summed E-state index contributed by atoms with van der Waals surface area (Å²) in [6.07, 6.45) is 0. The van der Waals surface area contributed by atoms with Crippen LogP contribution in [0.1, 0.15) is 0 Å². The third kappa shape index (κ3) is 1.36. The Morgan fingerprint density at radius 2 is 2.11 bits per heavy atom. The smallest absolute Gasteiger partial charge is 0.164 e. The first-order chi connectivity index (χ1) is 4.20. The Morgan fingerprint density at radius 3 is 2.56 bits per heavy atom. The predicted molar refractivity (Wildman–Crippen MR) is 35.3 cm³/mol. The second kappa shape index (κ2) is 2.27. The van der Waals surface area contributed by atoms with Crippen molar-refractivity contribution in [3.8, 4) is 5.75 Å². The van der Waals surface area contributed by atoms with E-state index in [1.54, 1.807) is 0 Å². The maximum absolute atomic E-state index is 12.2. The second-order valence-corrected chi connectivity index (χ2v) is 2.15. The van der Waals surface area contributed by atoms with Crippen molar-refractivity contribution in [2.24, 2.45) is 0 Å². The summed E-state index contributed by atoms with van der Waals surface area (Å²) in [6, 6.07) is 3.88. The van der Waals surface area contributed by atoms with Gasteiger partial charge in [0.15, 0.2) is 11.6 Å². The first kappa shape index (κ1) is 6.42. The van der Waals surface area contributed by atoms with Crippen LogP contribution in [0.3, 0.4) is 0 Å². The Labute approximate surface area is 57.5 Å². The highest BCUT2D eigenvalue weighted by atomic mass is 32.1. The minimum absolute atomic E-state index is 0.359. The summed E-state index contributed by atoms with van der Waals surface area (Å²) < 4.78 is 12.2. The van der Waals surface area contributed by atoms with Crippen molar-refractivity contribution in [2.45, 2.75) is 4.90 Å². The fraction of sp³-hybridized carbons (Fsp3) is 0. The molecule has 0 bridgehead atoms. The van der Waals surface area contributed by atoms with E-state index in [1.807, 2.05) is 0 Å². The zero-order valence-corrected chi connectivity index (χ0v) is 5.40. The number of rotatable bonds is 0. The lowest BCUT2D eigenvalue weighted by Crippen LogP contribution is -1.73. The molecule has 9 heavy (non-hydrogen) atoms. The van der Waals surface area contributed by atoms with Gasteiger partial charge >= 0.3 is 0 Å². The standard InChI is InChI=1S/C6H5FOS/c7-5-2-1-4(9)3-6(5)8/h1-3,8-9H. The molecule has 0 heterocycles. The Balaban J connectivity index is 3.17. The van der Waals surface area contributed by atoms with E-state index >= 15 is 0 Å². The summed E-state index contributed by atoms with van der Waals surface area (Å²) in [5, 5.41) is 8.68. The van der Waals surface area contributed by atoms with E-state index in [4.69, 9.17) is 5.11 Å². The fourth-order valence-electron chi connectivity index (χ4n) is 0.501. The molecule has 1 aromatic carbocycles. The minimum Gasteiger partial charge on any atom is -0.505 e. The molecule has 0 fully saturated rings. The van der Waals surface area contributed by atoms with Crippen LogP contribution in [0.25, 0.3) is 0 Å². The SMILES string of the molecule is Oc1cc(S)ccc1F. The molecule has 0 aliphatic rings. The van der Waals surface area contributed by atoms with Gasteiger partial charge in [0.25, 0.3) is 0 Å². The van der Waals surface area contributed by atoms with Crippen molar-refractivity contribution in [3.05, 3.63) is 24.0 Å². The van der Waals surface area contributed by atoms with Crippen LogP contribution in [-0.4, -0.2) is 5.11 Å². The van der Waals surface area contributed by atoms with Crippen LogP contribution in [0.5, 0.6) is 5.75 Å². The molecule has 0 aromatic heterocycles. The number of hydrogen-bond donors (Lipinski definition) is 2. The third-order valence-corrected chi connectivity index (χ3v) is 1.21. The van der Waals surface area contributed by atoms with Gasteiger partial charge in [-0.25, -0.2) is 4.39 Å². The highest BCUT2D eigenvalue weighted by Gasteiger charge is 1.96. The van der Waals surface area contributed by atoms with E-state index in [1.165, 1.54) is 12.1 Å². The Hall–Kier alpha value is -0.700. The van der Waals surface area contributed by atoms with Crippen molar-refractivity contribution in [1.29, 1.82) is 0 Å². The van der Waals surface area contributed by atoms with Crippen molar-refractivity contribution in [1.82, 2.24) is 0 Å². The number of halogens is 1. The molecule has 48 valence electrons. The van der Waals surface area contributed by atoms with Gasteiger partial charge in [-0.2, -0.15) is 0 Å². The van der Waals surface area contributed by atoms with Crippen LogP contribution < -0.4 is 0 Å². The molecule has 1 aromatic rings. The van der Waals surface area contributed by atoms with E-state index in [0.717, 1.165) is 6.07 Å². The van der Waals surface area contributed by atoms with Gasteiger partial charge in [0, 0.05) is 4.90 Å². The van der Waals surface area contributed by atoms with Gasteiger partial charge in [-0.1, -0.05) is 0 Å². The normalized spacial score (nSPS) is 9.56. The van der Waals surface area contributed by atoms with Crippen molar-refractivity contribution >= 4 is 12.6 Å². The molecular weight excluding hydrogens is 139 g/mol.